The van der Waals surface area contributed by atoms with Gasteiger partial charge in [-0.2, -0.15) is 0 Å². The molecular weight excluding hydrogens is 629 g/mol. The molecule has 0 fully saturated rings. The molecule has 0 spiro atoms. The highest BCUT2D eigenvalue weighted by molar-refractivity contribution is 7.26. The smallest absolute Gasteiger partial charge is 0.135 e. The van der Waals surface area contributed by atoms with Crippen molar-refractivity contribution in [2.45, 2.75) is 0 Å². The summed E-state index contributed by atoms with van der Waals surface area (Å²) in [5, 5.41) is 9.76. The third kappa shape index (κ3) is 3.91. The first-order valence-corrected chi connectivity index (χ1v) is 17.8. The van der Waals surface area contributed by atoms with Crippen molar-refractivity contribution in [3.63, 3.8) is 0 Å². The van der Waals surface area contributed by atoms with E-state index in [1.165, 1.54) is 52.8 Å². The number of benzene rings is 8. The number of nitrogens with zero attached hydrogens (tertiary/aromatic N) is 2. The molecule has 3 aromatic heterocycles. The molecule has 0 atom stereocenters. The lowest BCUT2D eigenvalue weighted by Gasteiger charge is -2.27. The Morgan fingerprint density at radius 1 is 0.460 bits per heavy atom. The average molecular weight is 657 g/mol. The molecule has 11 aromatic rings. The van der Waals surface area contributed by atoms with Gasteiger partial charge in [-0.1, -0.05) is 103 Å². The maximum Gasteiger partial charge on any atom is 0.135 e. The zero-order valence-electron chi connectivity index (χ0n) is 26.9. The third-order valence-corrected chi connectivity index (χ3v) is 11.4. The molecule has 0 aliphatic carbocycles. The lowest BCUT2D eigenvalue weighted by molar-refractivity contribution is 0.669. The van der Waals surface area contributed by atoms with Crippen molar-refractivity contribution >= 4 is 103 Å². The van der Waals surface area contributed by atoms with E-state index in [9.17, 15) is 0 Å². The summed E-state index contributed by atoms with van der Waals surface area (Å²) in [5.74, 6) is 0. The first-order valence-electron chi connectivity index (χ1n) is 16.9. The second-order valence-corrected chi connectivity index (χ2v) is 13.9. The van der Waals surface area contributed by atoms with E-state index in [-0.39, 0.29) is 0 Å². The van der Waals surface area contributed by atoms with Crippen LogP contribution in [0.4, 0.5) is 17.1 Å². The number of thiophene rings is 1. The van der Waals surface area contributed by atoms with Gasteiger partial charge in [0.1, 0.15) is 11.2 Å². The number of hydrogen-bond acceptors (Lipinski definition) is 3. The zero-order chi connectivity index (χ0) is 32.8. The van der Waals surface area contributed by atoms with E-state index in [2.05, 4.69) is 173 Å². The lowest BCUT2D eigenvalue weighted by atomic mass is 10.0. The van der Waals surface area contributed by atoms with E-state index in [0.717, 1.165) is 44.7 Å². The molecule has 11 rings (SSSR count). The van der Waals surface area contributed by atoms with Crippen LogP contribution >= 0.6 is 11.3 Å². The summed E-state index contributed by atoms with van der Waals surface area (Å²) in [6.07, 6.45) is 0. The molecule has 0 aliphatic rings. The molecule has 3 nitrogen and oxygen atoms in total. The molecule has 0 amide bonds. The van der Waals surface area contributed by atoms with Crippen molar-refractivity contribution in [3.8, 4) is 5.69 Å². The van der Waals surface area contributed by atoms with Crippen LogP contribution < -0.4 is 4.90 Å². The first-order chi connectivity index (χ1) is 24.8. The van der Waals surface area contributed by atoms with Gasteiger partial charge in [0.05, 0.1) is 22.4 Å². The summed E-state index contributed by atoms with van der Waals surface area (Å²) in [7, 11) is 0. The fourth-order valence-corrected chi connectivity index (χ4v) is 9.28. The average Bonchev–Trinajstić information content (AvgIpc) is 3.85. The Bertz CT molecular complexity index is 3110. The van der Waals surface area contributed by atoms with Gasteiger partial charge in [0.2, 0.25) is 0 Å². The van der Waals surface area contributed by atoms with Crippen molar-refractivity contribution in [1.29, 1.82) is 0 Å². The molecule has 0 saturated carbocycles. The van der Waals surface area contributed by atoms with Gasteiger partial charge in [-0.3, -0.25) is 0 Å². The number of fused-ring (bicyclic) bond motifs is 11. The molecule has 4 heteroatoms. The van der Waals surface area contributed by atoms with E-state index < -0.39 is 0 Å². The number of aromatic nitrogens is 1. The van der Waals surface area contributed by atoms with Crippen LogP contribution in [0.25, 0.3) is 80.4 Å². The Balaban J connectivity index is 1.28. The van der Waals surface area contributed by atoms with Crippen LogP contribution in [0.3, 0.4) is 0 Å². The number of para-hydroxylation sites is 3. The van der Waals surface area contributed by atoms with E-state index in [0.29, 0.717) is 0 Å². The molecule has 0 saturated heterocycles. The number of hydrogen-bond donors (Lipinski definition) is 0. The van der Waals surface area contributed by atoms with E-state index in [4.69, 9.17) is 4.42 Å². The van der Waals surface area contributed by atoms with Gasteiger partial charge < -0.3 is 13.9 Å². The Hall–Kier alpha value is -6.36. The van der Waals surface area contributed by atoms with Gasteiger partial charge >= 0.3 is 0 Å². The summed E-state index contributed by atoms with van der Waals surface area (Å²) in [6.45, 7) is 0. The molecule has 234 valence electrons. The fraction of sp³-hybridized carbons (Fsp3) is 0. The highest BCUT2D eigenvalue weighted by Gasteiger charge is 2.24. The number of furan rings is 1. The molecule has 50 heavy (non-hydrogen) atoms. The van der Waals surface area contributed by atoms with Gasteiger partial charge in [-0.15, -0.1) is 11.3 Å². The third-order valence-electron chi connectivity index (χ3n) is 10.2. The van der Waals surface area contributed by atoms with Crippen molar-refractivity contribution in [3.05, 3.63) is 170 Å². The van der Waals surface area contributed by atoms with E-state index in [1.807, 2.05) is 17.4 Å². The summed E-state index contributed by atoms with van der Waals surface area (Å²) in [4.78, 5) is 2.48. The Labute approximate surface area is 291 Å². The second-order valence-electron chi connectivity index (χ2n) is 12.9. The van der Waals surface area contributed by atoms with Crippen LogP contribution in [0.5, 0.6) is 0 Å². The zero-order valence-corrected chi connectivity index (χ0v) is 27.7. The van der Waals surface area contributed by atoms with Gasteiger partial charge in [0, 0.05) is 53.1 Å². The monoisotopic (exact) mass is 656 g/mol. The van der Waals surface area contributed by atoms with Crippen LogP contribution in [0.2, 0.25) is 0 Å². The maximum atomic E-state index is 6.32. The summed E-state index contributed by atoms with van der Waals surface area (Å²) < 4.78 is 11.3. The highest BCUT2D eigenvalue weighted by atomic mass is 32.1. The summed E-state index contributed by atoms with van der Waals surface area (Å²) in [5.41, 5.74) is 8.66. The largest absolute Gasteiger partial charge is 0.456 e. The molecule has 0 unspecified atom stereocenters. The van der Waals surface area contributed by atoms with Crippen molar-refractivity contribution in [1.82, 2.24) is 4.57 Å². The highest BCUT2D eigenvalue weighted by Crippen LogP contribution is 2.50. The quantitative estimate of drug-likeness (QED) is 0.188. The van der Waals surface area contributed by atoms with Crippen molar-refractivity contribution < 1.29 is 4.42 Å². The summed E-state index contributed by atoms with van der Waals surface area (Å²) in [6, 6.07) is 61.3. The topological polar surface area (TPSA) is 21.3 Å². The normalized spacial score (nSPS) is 12.0. The van der Waals surface area contributed by atoms with Crippen LogP contribution in [0.15, 0.2) is 174 Å². The fourth-order valence-electron chi connectivity index (χ4n) is 8.02. The standard InChI is InChI=1S/C46H28N2OS/c1-2-13-30(14-3-1)47-37-18-8-6-17-34(37)44-38(47)19-10-20-39(44)48(31-25-27-42-36(28-31)33-16-7-9-22-41(33)49-42)40-21-11-23-43-45(40)35-26-24-29-12-4-5-15-32(29)46(35)50-43/h1-28H. The Morgan fingerprint density at radius 3 is 2.06 bits per heavy atom. The van der Waals surface area contributed by atoms with Crippen LogP contribution in [0, 0.1) is 0 Å². The SMILES string of the molecule is c1ccc(-n2c3ccccc3c3c(N(c4ccc5oc6ccccc6c5c4)c4cccc5sc6c7ccccc7ccc6c45)cccc32)cc1. The number of rotatable bonds is 4. The van der Waals surface area contributed by atoms with Crippen LogP contribution in [0.1, 0.15) is 0 Å². The van der Waals surface area contributed by atoms with Gasteiger partial charge in [-0.25, -0.2) is 0 Å². The Kier molecular flexibility index (Phi) is 5.83. The molecule has 0 radical (unpaired) electrons. The molecule has 0 bridgehead atoms. The van der Waals surface area contributed by atoms with Crippen LogP contribution in [-0.2, 0) is 0 Å². The minimum absolute atomic E-state index is 0.888. The van der Waals surface area contributed by atoms with Gasteiger partial charge in [-0.05, 0) is 77.5 Å². The van der Waals surface area contributed by atoms with Crippen molar-refractivity contribution in [2.24, 2.45) is 0 Å². The van der Waals surface area contributed by atoms with Crippen LogP contribution in [-0.4, -0.2) is 4.57 Å². The number of anilines is 3. The lowest BCUT2D eigenvalue weighted by Crippen LogP contribution is -2.10. The summed E-state index contributed by atoms with van der Waals surface area (Å²) >= 11 is 1.88. The predicted molar refractivity (Wildman–Crippen MR) is 213 cm³/mol. The molecule has 3 heterocycles. The minimum atomic E-state index is 0.888. The maximum absolute atomic E-state index is 6.32. The molecular formula is C46H28N2OS. The molecule has 0 aliphatic heterocycles. The minimum Gasteiger partial charge on any atom is -0.456 e. The van der Waals surface area contributed by atoms with Gasteiger partial charge in [0.15, 0.2) is 0 Å². The first kappa shape index (κ1) is 27.6. The van der Waals surface area contributed by atoms with E-state index in [1.54, 1.807) is 0 Å². The second kappa shape index (κ2) is 10.6. The molecule has 8 aromatic carbocycles. The molecule has 0 N–H and O–H groups in total. The van der Waals surface area contributed by atoms with Gasteiger partial charge in [0.25, 0.3) is 0 Å². The Morgan fingerprint density at radius 2 is 1.16 bits per heavy atom. The predicted octanol–water partition coefficient (Wildman–Crippen LogP) is 13.7. The van der Waals surface area contributed by atoms with E-state index >= 15 is 0 Å². The van der Waals surface area contributed by atoms with Crippen molar-refractivity contribution in [2.75, 3.05) is 4.90 Å².